The molecule has 1 aromatic carbocycles. The summed E-state index contributed by atoms with van der Waals surface area (Å²) < 4.78 is 20.5. The highest BCUT2D eigenvalue weighted by Gasteiger charge is 2.24. The minimum atomic E-state index is -4.19. The highest BCUT2D eigenvalue weighted by atomic mass is 31.2. The number of rotatable bonds is 5. The van der Waals surface area contributed by atoms with Crippen molar-refractivity contribution in [2.75, 3.05) is 6.61 Å². The Balaban J connectivity index is 2.97. The van der Waals surface area contributed by atoms with E-state index >= 15 is 0 Å². The SMILES string of the molecule is CCOP(=O)(O)Oc1ccccc1C(N)=O. The van der Waals surface area contributed by atoms with E-state index in [2.05, 4.69) is 4.52 Å². The van der Waals surface area contributed by atoms with Gasteiger partial charge < -0.3 is 10.3 Å². The molecule has 1 unspecified atom stereocenters. The van der Waals surface area contributed by atoms with E-state index in [1.165, 1.54) is 12.1 Å². The standard InChI is InChI=1S/C9H12NO5P/c1-2-14-16(12,13)15-8-6-4-3-5-7(8)9(10)11/h3-6H,2H2,1H3,(H2,10,11)(H,12,13). The average Bonchev–Trinajstić information content (AvgIpc) is 2.17. The first-order valence-electron chi connectivity index (χ1n) is 4.52. The third-order valence-electron chi connectivity index (χ3n) is 1.66. The molecule has 6 nitrogen and oxygen atoms in total. The van der Waals surface area contributed by atoms with Crippen molar-refractivity contribution in [3.8, 4) is 5.75 Å². The third kappa shape index (κ3) is 3.34. The van der Waals surface area contributed by atoms with Gasteiger partial charge in [0.1, 0.15) is 5.75 Å². The first kappa shape index (κ1) is 12.7. The normalized spacial score (nSPS) is 14.1. The Morgan fingerprint density at radius 2 is 2.12 bits per heavy atom. The summed E-state index contributed by atoms with van der Waals surface area (Å²) in [5.41, 5.74) is 5.10. The van der Waals surface area contributed by atoms with Crippen molar-refractivity contribution in [1.29, 1.82) is 0 Å². The van der Waals surface area contributed by atoms with E-state index in [0.717, 1.165) is 0 Å². The first-order chi connectivity index (χ1) is 7.46. The zero-order chi connectivity index (χ0) is 12.2. The number of phosphoric acid groups is 1. The molecule has 0 saturated carbocycles. The van der Waals surface area contributed by atoms with Crippen molar-refractivity contribution in [2.24, 2.45) is 5.73 Å². The van der Waals surface area contributed by atoms with E-state index < -0.39 is 13.7 Å². The van der Waals surface area contributed by atoms with Gasteiger partial charge in [-0.25, -0.2) is 4.57 Å². The maximum atomic E-state index is 11.3. The van der Waals surface area contributed by atoms with E-state index in [9.17, 15) is 14.3 Å². The Morgan fingerprint density at radius 3 is 2.69 bits per heavy atom. The maximum absolute atomic E-state index is 11.3. The number of para-hydroxylation sites is 1. The number of hydrogen-bond donors (Lipinski definition) is 2. The van der Waals surface area contributed by atoms with Gasteiger partial charge >= 0.3 is 7.82 Å². The molecule has 0 aromatic heterocycles. The minimum absolute atomic E-state index is 0.0204. The number of nitrogens with two attached hydrogens (primary N) is 1. The van der Waals surface area contributed by atoms with Crippen molar-refractivity contribution in [3.63, 3.8) is 0 Å². The Bertz CT molecular complexity index is 434. The van der Waals surface area contributed by atoms with Crippen LogP contribution in [0.25, 0.3) is 0 Å². The number of benzene rings is 1. The Morgan fingerprint density at radius 1 is 1.50 bits per heavy atom. The lowest BCUT2D eigenvalue weighted by atomic mass is 10.2. The number of hydrogen-bond acceptors (Lipinski definition) is 4. The van der Waals surface area contributed by atoms with Gasteiger partial charge in [-0.3, -0.25) is 14.2 Å². The molecule has 0 aliphatic heterocycles. The molecule has 0 bridgehead atoms. The Kier molecular flexibility index (Phi) is 4.06. The lowest BCUT2D eigenvalue weighted by Gasteiger charge is -2.13. The van der Waals surface area contributed by atoms with Crippen LogP contribution in [0, 0.1) is 0 Å². The van der Waals surface area contributed by atoms with Crippen LogP contribution < -0.4 is 10.3 Å². The zero-order valence-corrected chi connectivity index (χ0v) is 9.52. The molecule has 7 heteroatoms. The summed E-state index contributed by atoms with van der Waals surface area (Å²) in [5.74, 6) is -0.818. The van der Waals surface area contributed by atoms with Crippen molar-refractivity contribution in [1.82, 2.24) is 0 Å². The van der Waals surface area contributed by atoms with E-state index in [1.54, 1.807) is 19.1 Å². The zero-order valence-electron chi connectivity index (χ0n) is 8.62. The smallest absolute Gasteiger partial charge is 0.403 e. The van der Waals surface area contributed by atoms with Gasteiger partial charge in [0.05, 0.1) is 12.2 Å². The van der Waals surface area contributed by atoms with Gasteiger partial charge in [-0.1, -0.05) is 12.1 Å². The number of primary amides is 1. The van der Waals surface area contributed by atoms with Gasteiger partial charge in [-0.05, 0) is 19.1 Å². The van der Waals surface area contributed by atoms with Crippen molar-refractivity contribution >= 4 is 13.7 Å². The lowest BCUT2D eigenvalue weighted by molar-refractivity contribution is 0.0998. The molecule has 0 fully saturated rings. The summed E-state index contributed by atoms with van der Waals surface area (Å²) in [6.07, 6.45) is 0. The molecule has 1 amide bonds. The van der Waals surface area contributed by atoms with Crippen LogP contribution in [-0.2, 0) is 9.09 Å². The fraction of sp³-hybridized carbons (Fsp3) is 0.222. The lowest BCUT2D eigenvalue weighted by Crippen LogP contribution is -2.12. The molecule has 0 saturated heterocycles. The molecule has 88 valence electrons. The summed E-state index contributed by atoms with van der Waals surface area (Å²) in [6, 6.07) is 5.87. The van der Waals surface area contributed by atoms with Crippen LogP contribution in [0.4, 0.5) is 0 Å². The predicted molar refractivity (Wildman–Crippen MR) is 57.0 cm³/mol. The molecule has 3 N–H and O–H groups in total. The van der Waals surface area contributed by atoms with E-state index in [4.69, 9.17) is 10.3 Å². The van der Waals surface area contributed by atoms with Gasteiger partial charge in [0.25, 0.3) is 5.91 Å². The summed E-state index contributed by atoms with van der Waals surface area (Å²) in [7, 11) is -4.19. The average molecular weight is 245 g/mol. The van der Waals surface area contributed by atoms with Crippen molar-refractivity contribution in [2.45, 2.75) is 6.92 Å². The van der Waals surface area contributed by atoms with E-state index in [1.807, 2.05) is 0 Å². The van der Waals surface area contributed by atoms with Crippen LogP contribution in [0.5, 0.6) is 5.75 Å². The topological polar surface area (TPSA) is 98.8 Å². The predicted octanol–water partition coefficient (Wildman–Crippen LogP) is 1.30. The van der Waals surface area contributed by atoms with Gasteiger partial charge in [0.2, 0.25) is 0 Å². The second kappa shape index (κ2) is 5.12. The van der Waals surface area contributed by atoms with Crippen LogP contribution in [-0.4, -0.2) is 17.4 Å². The molecule has 1 atom stereocenters. The monoisotopic (exact) mass is 245 g/mol. The van der Waals surface area contributed by atoms with E-state index in [-0.39, 0.29) is 17.9 Å². The van der Waals surface area contributed by atoms with E-state index in [0.29, 0.717) is 0 Å². The highest BCUT2D eigenvalue weighted by molar-refractivity contribution is 7.47. The first-order valence-corrected chi connectivity index (χ1v) is 6.01. The second-order valence-electron chi connectivity index (χ2n) is 2.84. The molecule has 0 radical (unpaired) electrons. The van der Waals surface area contributed by atoms with Gasteiger partial charge in [-0.15, -0.1) is 0 Å². The summed E-state index contributed by atoms with van der Waals surface area (Å²) in [4.78, 5) is 20.2. The fourth-order valence-corrected chi connectivity index (χ4v) is 1.85. The number of carbonyl (C=O) groups is 1. The summed E-state index contributed by atoms with van der Waals surface area (Å²) in [5, 5.41) is 0. The maximum Gasteiger partial charge on any atom is 0.527 e. The van der Waals surface area contributed by atoms with Crippen LogP contribution >= 0.6 is 7.82 Å². The number of phosphoric ester groups is 1. The van der Waals surface area contributed by atoms with Crippen molar-refractivity contribution in [3.05, 3.63) is 29.8 Å². The minimum Gasteiger partial charge on any atom is -0.403 e. The number of amides is 1. The fourth-order valence-electron chi connectivity index (χ4n) is 1.06. The van der Waals surface area contributed by atoms with Crippen molar-refractivity contribution < 1.29 is 23.3 Å². The second-order valence-corrected chi connectivity index (χ2v) is 4.22. The molecular formula is C9H12NO5P. The molecule has 0 spiro atoms. The van der Waals surface area contributed by atoms with Gasteiger partial charge in [-0.2, -0.15) is 0 Å². The van der Waals surface area contributed by atoms with Crippen LogP contribution in [0.2, 0.25) is 0 Å². The van der Waals surface area contributed by atoms with Gasteiger partial charge in [0, 0.05) is 0 Å². The quantitative estimate of drug-likeness (QED) is 0.761. The Hall–Kier alpha value is -1.36. The third-order valence-corrected chi connectivity index (χ3v) is 2.67. The van der Waals surface area contributed by atoms with Crippen LogP contribution in [0.15, 0.2) is 24.3 Å². The molecule has 16 heavy (non-hydrogen) atoms. The summed E-state index contributed by atoms with van der Waals surface area (Å²) in [6.45, 7) is 1.57. The Labute approximate surface area is 92.6 Å². The highest BCUT2D eigenvalue weighted by Crippen LogP contribution is 2.44. The van der Waals surface area contributed by atoms with Gasteiger partial charge in [0.15, 0.2) is 0 Å². The number of carbonyl (C=O) groups excluding carboxylic acids is 1. The molecule has 0 heterocycles. The van der Waals surface area contributed by atoms with Crippen LogP contribution in [0.3, 0.4) is 0 Å². The molecule has 1 rings (SSSR count). The largest absolute Gasteiger partial charge is 0.527 e. The molecule has 0 aliphatic rings. The molecular weight excluding hydrogens is 233 g/mol. The summed E-state index contributed by atoms with van der Waals surface area (Å²) >= 11 is 0. The molecule has 0 aliphatic carbocycles. The molecule has 1 aromatic rings. The van der Waals surface area contributed by atoms with Crippen LogP contribution in [0.1, 0.15) is 17.3 Å².